The van der Waals surface area contributed by atoms with E-state index in [-0.39, 0.29) is 34.2 Å². The van der Waals surface area contributed by atoms with Crippen LogP contribution >= 0.6 is 0 Å². The standard InChI is InChI=1S/C22H23FN2O4S/c1-22(2,13-30(28,29)16-9-6-14(23)7-10-16)21-18-5-3-4-17(18)19-12-15(25(26)27)8-11-20(19)24-21/h3-4,6-12,17-18,21,24H,5,13H2,1-2H3. The highest BCUT2D eigenvalue weighted by atomic mass is 32.2. The fourth-order valence-electron chi connectivity index (χ4n) is 4.77. The maximum Gasteiger partial charge on any atom is 0.269 e. The number of fused-ring (bicyclic) bond motifs is 3. The molecule has 2 aliphatic rings. The van der Waals surface area contributed by atoms with Crippen LogP contribution in [0.15, 0.2) is 59.5 Å². The van der Waals surface area contributed by atoms with E-state index in [1.165, 1.54) is 18.2 Å². The Morgan fingerprint density at radius 3 is 2.57 bits per heavy atom. The van der Waals surface area contributed by atoms with E-state index in [1.54, 1.807) is 12.1 Å². The monoisotopic (exact) mass is 430 g/mol. The van der Waals surface area contributed by atoms with Gasteiger partial charge in [0.2, 0.25) is 0 Å². The zero-order valence-electron chi connectivity index (χ0n) is 16.7. The number of nitro groups is 1. The molecule has 0 saturated heterocycles. The highest BCUT2D eigenvalue weighted by Gasteiger charge is 2.46. The third-order valence-electron chi connectivity index (χ3n) is 6.13. The minimum atomic E-state index is -3.62. The van der Waals surface area contributed by atoms with Crippen LogP contribution in [0, 0.1) is 27.3 Å². The normalized spacial score (nSPS) is 22.8. The first-order valence-electron chi connectivity index (χ1n) is 9.78. The summed E-state index contributed by atoms with van der Waals surface area (Å²) in [4.78, 5) is 10.9. The largest absolute Gasteiger partial charge is 0.381 e. The van der Waals surface area contributed by atoms with Crippen molar-refractivity contribution in [3.8, 4) is 0 Å². The summed E-state index contributed by atoms with van der Waals surface area (Å²) >= 11 is 0. The van der Waals surface area contributed by atoms with Gasteiger partial charge in [0.15, 0.2) is 9.84 Å². The summed E-state index contributed by atoms with van der Waals surface area (Å²) in [5.74, 6) is -0.487. The number of benzene rings is 2. The Bertz CT molecular complexity index is 1130. The molecule has 158 valence electrons. The predicted octanol–water partition coefficient (Wildman–Crippen LogP) is 4.69. The Morgan fingerprint density at radius 1 is 1.20 bits per heavy atom. The van der Waals surface area contributed by atoms with Crippen LogP contribution < -0.4 is 5.32 Å². The Morgan fingerprint density at radius 2 is 1.90 bits per heavy atom. The molecule has 0 fully saturated rings. The molecule has 8 heteroatoms. The quantitative estimate of drug-likeness (QED) is 0.322. The molecule has 1 aliphatic heterocycles. The summed E-state index contributed by atoms with van der Waals surface area (Å²) in [5, 5.41) is 14.7. The van der Waals surface area contributed by atoms with E-state index < -0.39 is 26.0 Å². The van der Waals surface area contributed by atoms with Crippen molar-refractivity contribution < 1.29 is 17.7 Å². The second-order valence-electron chi connectivity index (χ2n) is 8.71. The third-order valence-corrected chi connectivity index (χ3v) is 8.25. The van der Waals surface area contributed by atoms with Crippen LogP contribution in [-0.4, -0.2) is 25.1 Å². The van der Waals surface area contributed by atoms with Crippen LogP contribution in [0.4, 0.5) is 15.8 Å². The van der Waals surface area contributed by atoms with Gasteiger partial charge in [-0.25, -0.2) is 12.8 Å². The summed E-state index contributed by atoms with van der Waals surface area (Å²) in [5.41, 5.74) is 1.08. The molecule has 2 aromatic carbocycles. The minimum absolute atomic E-state index is 0.000972. The second kappa shape index (κ2) is 7.19. The molecule has 30 heavy (non-hydrogen) atoms. The van der Waals surface area contributed by atoms with E-state index in [0.717, 1.165) is 29.8 Å². The molecular formula is C22H23FN2O4S. The number of halogens is 1. The van der Waals surface area contributed by atoms with Crippen LogP contribution in [0.2, 0.25) is 0 Å². The van der Waals surface area contributed by atoms with Gasteiger partial charge in [-0.15, -0.1) is 0 Å². The van der Waals surface area contributed by atoms with Gasteiger partial charge < -0.3 is 5.32 Å². The Kier molecular flexibility index (Phi) is 4.92. The average Bonchev–Trinajstić information content (AvgIpc) is 3.16. The lowest BCUT2D eigenvalue weighted by atomic mass is 9.70. The molecule has 3 unspecified atom stereocenters. The molecule has 2 aromatic rings. The molecule has 0 spiro atoms. The first-order valence-corrected chi connectivity index (χ1v) is 11.4. The van der Waals surface area contributed by atoms with Gasteiger partial charge in [-0.2, -0.15) is 0 Å². The molecular weight excluding hydrogens is 407 g/mol. The molecule has 0 bridgehead atoms. The maximum absolute atomic E-state index is 13.2. The zero-order valence-corrected chi connectivity index (χ0v) is 17.5. The molecule has 6 nitrogen and oxygen atoms in total. The van der Waals surface area contributed by atoms with Crippen LogP contribution in [-0.2, 0) is 9.84 Å². The summed E-state index contributed by atoms with van der Waals surface area (Å²) in [6.07, 6.45) is 4.89. The summed E-state index contributed by atoms with van der Waals surface area (Å²) in [6, 6.07) is 9.51. The van der Waals surface area contributed by atoms with Crippen molar-refractivity contribution in [2.45, 2.75) is 37.1 Å². The minimum Gasteiger partial charge on any atom is -0.381 e. The number of nitrogens with zero attached hydrogens (tertiary/aromatic N) is 1. The van der Waals surface area contributed by atoms with Crippen molar-refractivity contribution in [2.75, 3.05) is 11.1 Å². The van der Waals surface area contributed by atoms with Gasteiger partial charge in [0.25, 0.3) is 5.69 Å². The third kappa shape index (κ3) is 3.60. The van der Waals surface area contributed by atoms with E-state index in [1.807, 2.05) is 13.8 Å². The number of sulfone groups is 1. The number of anilines is 1. The first-order chi connectivity index (χ1) is 14.1. The van der Waals surface area contributed by atoms with Gasteiger partial charge in [0.05, 0.1) is 15.6 Å². The lowest BCUT2D eigenvalue weighted by Crippen LogP contribution is -2.49. The Hall–Kier alpha value is -2.74. The number of hydrogen-bond acceptors (Lipinski definition) is 5. The number of rotatable bonds is 5. The highest BCUT2D eigenvalue weighted by molar-refractivity contribution is 7.91. The van der Waals surface area contributed by atoms with Gasteiger partial charge in [0, 0.05) is 29.8 Å². The summed E-state index contributed by atoms with van der Waals surface area (Å²) in [7, 11) is -3.62. The molecule has 4 rings (SSSR count). The van der Waals surface area contributed by atoms with Gasteiger partial charge in [-0.3, -0.25) is 10.1 Å². The van der Waals surface area contributed by atoms with Gasteiger partial charge >= 0.3 is 0 Å². The molecule has 0 saturated carbocycles. The fraction of sp³-hybridized carbons (Fsp3) is 0.364. The van der Waals surface area contributed by atoms with Gasteiger partial charge in [0.1, 0.15) is 5.82 Å². The van der Waals surface area contributed by atoms with E-state index in [4.69, 9.17) is 0 Å². The zero-order chi connectivity index (χ0) is 21.7. The Balaban J connectivity index is 1.66. The number of hydrogen-bond donors (Lipinski definition) is 1. The number of allylic oxidation sites excluding steroid dienone is 2. The first kappa shape index (κ1) is 20.5. The van der Waals surface area contributed by atoms with Crippen molar-refractivity contribution in [3.63, 3.8) is 0 Å². The molecule has 0 aromatic heterocycles. The highest BCUT2D eigenvalue weighted by Crippen LogP contribution is 2.50. The van der Waals surface area contributed by atoms with Crippen molar-refractivity contribution in [1.82, 2.24) is 0 Å². The smallest absolute Gasteiger partial charge is 0.269 e. The lowest BCUT2D eigenvalue weighted by molar-refractivity contribution is -0.384. The number of nitrogens with one attached hydrogen (secondary N) is 1. The van der Waals surface area contributed by atoms with Crippen molar-refractivity contribution >= 4 is 21.2 Å². The molecule has 1 aliphatic carbocycles. The van der Waals surface area contributed by atoms with Gasteiger partial charge in [-0.1, -0.05) is 26.0 Å². The molecule has 3 atom stereocenters. The van der Waals surface area contributed by atoms with Crippen molar-refractivity contribution in [3.05, 3.63) is 76.1 Å². The fourth-order valence-corrected chi connectivity index (χ4v) is 6.65. The van der Waals surface area contributed by atoms with E-state index in [0.29, 0.717) is 0 Å². The van der Waals surface area contributed by atoms with E-state index >= 15 is 0 Å². The van der Waals surface area contributed by atoms with Crippen molar-refractivity contribution in [2.24, 2.45) is 11.3 Å². The van der Waals surface area contributed by atoms with Crippen LogP contribution in [0.3, 0.4) is 0 Å². The maximum atomic E-state index is 13.2. The molecule has 1 N–H and O–H groups in total. The Labute approximate surface area is 174 Å². The SMILES string of the molecule is CC(C)(CS(=O)(=O)c1ccc(F)cc1)C1Nc2ccc([N+](=O)[O-])cc2C2C=CCC21. The summed E-state index contributed by atoms with van der Waals surface area (Å²) in [6.45, 7) is 3.83. The van der Waals surface area contributed by atoms with E-state index in [9.17, 15) is 22.9 Å². The lowest BCUT2D eigenvalue weighted by Gasteiger charge is -2.45. The molecule has 1 heterocycles. The van der Waals surface area contributed by atoms with E-state index in [2.05, 4.69) is 17.5 Å². The second-order valence-corrected chi connectivity index (χ2v) is 10.7. The predicted molar refractivity (Wildman–Crippen MR) is 113 cm³/mol. The molecule has 0 amide bonds. The number of non-ortho nitro benzene ring substituents is 1. The van der Waals surface area contributed by atoms with Crippen LogP contribution in [0.25, 0.3) is 0 Å². The van der Waals surface area contributed by atoms with Crippen LogP contribution in [0.1, 0.15) is 31.7 Å². The van der Waals surface area contributed by atoms with Crippen LogP contribution in [0.5, 0.6) is 0 Å². The molecule has 0 radical (unpaired) electrons. The topological polar surface area (TPSA) is 89.3 Å². The van der Waals surface area contributed by atoms with Crippen molar-refractivity contribution in [1.29, 1.82) is 0 Å². The summed E-state index contributed by atoms with van der Waals surface area (Å²) < 4.78 is 39.3. The average molecular weight is 431 g/mol. The number of nitro benzene ring substituents is 1. The van der Waals surface area contributed by atoms with Gasteiger partial charge in [-0.05, 0) is 53.6 Å².